The Labute approximate surface area is 104 Å². The van der Waals surface area contributed by atoms with Gasteiger partial charge in [0.25, 0.3) is 0 Å². The molecule has 1 aliphatic rings. The smallest absolute Gasteiger partial charge is 0.0874 e. The zero-order valence-electron chi connectivity index (χ0n) is 10.7. The second-order valence-corrected chi connectivity index (χ2v) is 4.95. The molecule has 2 heteroatoms. The number of hydrogen-bond donors (Lipinski definition) is 1. The summed E-state index contributed by atoms with van der Waals surface area (Å²) in [6.45, 7) is 2.81. The first-order valence-electron chi connectivity index (χ1n) is 6.73. The summed E-state index contributed by atoms with van der Waals surface area (Å²) >= 11 is 0. The van der Waals surface area contributed by atoms with Crippen LogP contribution in [0.4, 0.5) is 0 Å². The molecule has 2 N–H and O–H groups in total. The summed E-state index contributed by atoms with van der Waals surface area (Å²) in [5.41, 5.74) is 7.53. The van der Waals surface area contributed by atoms with E-state index in [-0.39, 0.29) is 11.6 Å². The topological polar surface area (TPSA) is 35.2 Å². The van der Waals surface area contributed by atoms with Gasteiger partial charge in [-0.1, -0.05) is 49.6 Å². The Kier molecular flexibility index (Phi) is 4.19. The van der Waals surface area contributed by atoms with E-state index in [0.717, 1.165) is 19.4 Å². The fraction of sp³-hybridized carbons (Fsp3) is 0.600. The molecule has 94 valence electrons. The Morgan fingerprint density at radius 1 is 1.18 bits per heavy atom. The van der Waals surface area contributed by atoms with Crippen LogP contribution in [-0.2, 0) is 4.74 Å². The second kappa shape index (κ2) is 5.65. The Morgan fingerprint density at radius 3 is 2.41 bits per heavy atom. The maximum atomic E-state index is 6.47. The van der Waals surface area contributed by atoms with Crippen LogP contribution in [-0.4, -0.2) is 12.2 Å². The third kappa shape index (κ3) is 2.70. The molecular weight excluding hydrogens is 210 g/mol. The molecule has 0 bridgehead atoms. The zero-order chi connectivity index (χ0) is 12.1. The predicted octanol–water partition coefficient (Wildman–Crippen LogP) is 3.43. The first kappa shape index (κ1) is 12.6. The van der Waals surface area contributed by atoms with Crippen LogP contribution < -0.4 is 5.73 Å². The highest BCUT2D eigenvalue weighted by molar-refractivity contribution is 5.22. The van der Waals surface area contributed by atoms with Gasteiger partial charge in [-0.3, -0.25) is 0 Å². The fourth-order valence-electron chi connectivity index (χ4n) is 2.95. The lowest BCUT2D eigenvalue weighted by Crippen LogP contribution is -2.45. The molecule has 1 aromatic rings. The quantitative estimate of drug-likeness (QED) is 0.864. The van der Waals surface area contributed by atoms with Crippen LogP contribution in [0.15, 0.2) is 30.3 Å². The van der Waals surface area contributed by atoms with Crippen molar-refractivity contribution in [3.63, 3.8) is 0 Å². The standard InChI is InChI=1S/C15H23NO/c1-2-17-15(11-7-4-8-12-15)14(16)13-9-5-3-6-10-13/h3,5-6,9-10,14H,2,4,7-8,11-12,16H2,1H3. The largest absolute Gasteiger partial charge is 0.373 e. The van der Waals surface area contributed by atoms with Gasteiger partial charge < -0.3 is 10.5 Å². The monoisotopic (exact) mass is 233 g/mol. The van der Waals surface area contributed by atoms with Crippen molar-refractivity contribution in [2.75, 3.05) is 6.61 Å². The van der Waals surface area contributed by atoms with Crippen LogP contribution >= 0.6 is 0 Å². The third-order valence-electron chi connectivity index (χ3n) is 3.86. The molecule has 0 saturated heterocycles. The minimum Gasteiger partial charge on any atom is -0.373 e. The summed E-state index contributed by atoms with van der Waals surface area (Å²) in [4.78, 5) is 0. The van der Waals surface area contributed by atoms with Crippen molar-refractivity contribution in [2.24, 2.45) is 5.73 Å². The fourth-order valence-corrected chi connectivity index (χ4v) is 2.95. The Balaban J connectivity index is 2.20. The molecule has 1 aromatic carbocycles. The van der Waals surface area contributed by atoms with E-state index in [1.54, 1.807) is 0 Å². The lowest BCUT2D eigenvalue weighted by atomic mass is 9.77. The minimum atomic E-state index is -0.131. The molecule has 1 saturated carbocycles. The summed E-state index contributed by atoms with van der Waals surface area (Å²) in [5.74, 6) is 0. The second-order valence-electron chi connectivity index (χ2n) is 4.95. The Morgan fingerprint density at radius 2 is 1.82 bits per heavy atom. The summed E-state index contributed by atoms with van der Waals surface area (Å²) < 4.78 is 6.06. The van der Waals surface area contributed by atoms with Gasteiger partial charge in [0.05, 0.1) is 11.6 Å². The number of benzene rings is 1. The Hall–Kier alpha value is -0.860. The number of nitrogens with two attached hydrogens (primary N) is 1. The van der Waals surface area contributed by atoms with Gasteiger partial charge >= 0.3 is 0 Å². The molecule has 0 radical (unpaired) electrons. The maximum absolute atomic E-state index is 6.47. The van der Waals surface area contributed by atoms with Crippen molar-refractivity contribution >= 4 is 0 Å². The molecule has 0 spiro atoms. The third-order valence-corrected chi connectivity index (χ3v) is 3.86. The van der Waals surface area contributed by atoms with Gasteiger partial charge in [-0.15, -0.1) is 0 Å². The lowest BCUT2D eigenvalue weighted by molar-refractivity contribution is -0.0830. The van der Waals surface area contributed by atoms with Crippen molar-refractivity contribution in [3.05, 3.63) is 35.9 Å². The van der Waals surface area contributed by atoms with Gasteiger partial charge in [-0.25, -0.2) is 0 Å². The van der Waals surface area contributed by atoms with E-state index in [1.165, 1.54) is 24.8 Å². The summed E-state index contributed by atoms with van der Waals surface area (Å²) in [6, 6.07) is 10.4. The highest BCUT2D eigenvalue weighted by atomic mass is 16.5. The van der Waals surface area contributed by atoms with E-state index in [9.17, 15) is 0 Å². The van der Waals surface area contributed by atoms with Crippen molar-refractivity contribution in [1.82, 2.24) is 0 Å². The first-order chi connectivity index (χ1) is 8.28. The summed E-state index contributed by atoms with van der Waals surface area (Å²) in [7, 11) is 0. The average molecular weight is 233 g/mol. The molecule has 2 nitrogen and oxygen atoms in total. The Bertz CT molecular complexity index is 325. The van der Waals surface area contributed by atoms with Gasteiger partial charge in [-0.2, -0.15) is 0 Å². The van der Waals surface area contributed by atoms with Crippen LogP contribution in [0.25, 0.3) is 0 Å². The van der Waals surface area contributed by atoms with Gasteiger partial charge in [0.1, 0.15) is 0 Å². The number of hydrogen-bond acceptors (Lipinski definition) is 2. The van der Waals surface area contributed by atoms with Crippen LogP contribution in [0.1, 0.15) is 50.6 Å². The highest BCUT2D eigenvalue weighted by Gasteiger charge is 2.39. The van der Waals surface area contributed by atoms with E-state index in [2.05, 4.69) is 31.2 Å². The molecule has 0 aromatic heterocycles. The van der Waals surface area contributed by atoms with E-state index in [4.69, 9.17) is 10.5 Å². The van der Waals surface area contributed by atoms with Crippen LogP contribution in [0.5, 0.6) is 0 Å². The van der Waals surface area contributed by atoms with Crippen LogP contribution in [0.2, 0.25) is 0 Å². The summed E-state index contributed by atoms with van der Waals surface area (Å²) in [5, 5.41) is 0. The van der Waals surface area contributed by atoms with E-state index < -0.39 is 0 Å². The van der Waals surface area contributed by atoms with Crippen molar-refractivity contribution in [2.45, 2.75) is 50.7 Å². The van der Waals surface area contributed by atoms with Crippen molar-refractivity contribution in [1.29, 1.82) is 0 Å². The molecule has 0 heterocycles. The van der Waals surface area contributed by atoms with Crippen molar-refractivity contribution < 1.29 is 4.74 Å². The normalized spacial score (nSPS) is 21.1. The zero-order valence-corrected chi connectivity index (χ0v) is 10.7. The van der Waals surface area contributed by atoms with Gasteiger partial charge in [0, 0.05) is 6.61 Å². The predicted molar refractivity (Wildman–Crippen MR) is 70.8 cm³/mol. The molecule has 1 atom stereocenters. The molecule has 1 fully saturated rings. The molecule has 0 aliphatic heterocycles. The summed E-state index contributed by atoms with van der Waals surface area (Å²) in [6.07, 6.45) is 5.98. The first-order valence-corrected chi connectivity index (χ1v) is 6.73. The SMILES string of the molecule is CCOC1(C(N)c2ccccc2)CCCCC1. The van der Waals surface area contributed by atoms with Gasteiger partial charge in [-0.05, 0) is 25.3 Å². The molecule has 1 unspecified atom stereocenters. The van der Waals surface area contributed by atoms with E-state index >= 15 is 0 Å². The van der Waals surface area contributed by atoms with E-state index in [0.29, 0.717) is 0 Å². The molecule has 17 heavy (non-hydrogen) atoms. The minimum absolute atomic E-state index is 0.00366. The molecule has 0 amide bonds. The number of rotatable bonds is 4. The van der Waals surface area contributed by atoms with Gasteiger partial charge in [0.2, 0.25) is 0 Å². The molecular formula is C15H23NO. The lowest BCUT2D eigenvalue weighted by Gasteiger charge is -2.41. The molecule has 2 rings (SSSR count). The van der Waals surface area contributed by atoms with Crippen LogP contribution in [0, 0.1) is 0 Å². The molecule has 1 aliphatic carbocycles. The highest BCUT2D eigenvalue weighted by Crippen LogP contribution is 2.40. The van der Waals surface area contributed by atoms with E-state index in [1.807, 2.05) is 6.07 Å². The average Bonchev–Trinajstić information content (AvgIpc) is 2.40. The van der Waals surface area contributed by atoms with Crippen molar-refractivity contribution in [3.8, 4) is 0 Å². The van der Waals surface area contributed by atoms with Gasteiger partial charge in [0.15, 0.2) is 0 Å². The number of ether oxygens (including phenoxy) is 1. The van der Waals surface area contributed by atoms with Crippen LogP contribution in [0.3, 0.4) is 0 Å². The maximum Gasteiger partial charge on any atom is 0.0874 e.